The van der Waals surface area contributed by atoms with E-state index in [2.05, 4.69) is 10.3 Å². The Morgan fingerprint density at radius 2 is 2.04 bits per heavy atom. The minimum atomic E-state index is -0.201. The van der Waals surface area contributed by atoms with Crippen molar-refractivity contribution in [1.29, 1.82) is 0 Å². The second-order valence-corrected chi connectivity index (χ2v) is 5.30. The molecule has 1 aromatic heterocycles. The summed E-state index contributed by atoms with van der Waals surface area (Å²) < 4.78 is 16.3. The van der Waals surface area contributed by atoms with E-state index in [9.17, 15) is 4.79 Å². The topological polar surface area (TPSA) is 72.9 Å². The molecule has 0 atom stereocenters. The first-order valence-electron chi connectivity index (χ1n) is 7.55. The van der Waals surface area contributed by atoms with Crippen LogP contribution in [-0.2, 0) is 0 Å². The number of likely N-dealkylation sites (tertiary alicyclic amines) is 1. The lowest BCUT2D eigenvalue weighted by molar-refractivity contribution is 0.0490. The third kappa shape index (κ3) is 3.34. The molecule has 0 bridgehead atoms. The summed E-state index contributed by atoms with van der Waals surface area (Å²) in [6.07, 6.45) is 3.32. The van der Waals surface area contributed by atoms with Gasteiger partial charge in [0.2, 0.25) is 0 Å². The van der Waals surface area contributed by atoms with Crippen LogP contribution in [0.4, 0.5) is 10.5 Å². The lowest BCUT2D eigenvalue weighted by Crippen LogP contribution is -2.57. The summed E-state index contributed by atoms with van der Waals surface area (Å²) in [6.45, 7) is 1.04. The van der Waals surface area contributed by atoms with Crippen molar-refractivity contribution >= 4 is 11.7 Å². The first-order chi connectivity index (χ1) is 11.7. The van der Waals surface area contributed by atoms with Gasteiger partial charge in [0, 0.05) is 6.20 Å². The summed E-state index contributed by atoms with van der Waals surface area (Å²) in [5.41, 5.74) is 0.568. The number of benzene rings is 1. The summed E-state index contributed by atoms with van der Waals surface area (Å²) in [5.74, 6) is 1.77. The number of carbonyl (C=O) groups is 1. The Morgan fingerprint density at radius 1 is 1.21 bits per heavy atom. The van der Waals surface area contributed by atoms with Gasteiger partial charge < -0.3 is 24.4 Å². The van der Waals surface area contributed by atoms with E-state index in [-0.39, 0.29) is 12.1 Å². The van der Waals surface area contributed by atoms with Gasteiger partial charge in [0.1, 0.15) is 11.9 Å². The second-order valence-electron chi connectivity index (χ2n) is 5.30. The number of ether oxygens (including phenoxy) is 3. The van der Waals surface area contributed by atoms with Gasteiger partial charge in [-0.25, -0.2) is 4.79 Å². The van der Waals surface area contributed by atoms with Gasteiger partial charge >= 0.3 is 6.03 Å². The second kappa shape index (κ2) is 7.08. The number of para-hydroxylation sites is 1. The molecule has 1 N–H and O–H groups in total. The molecule has 0 aliphatic carbocycles. The molecule has 24 heavy (non-hydrogen) atoms. The Labute approximate surface area is 140 Å². The molecule has 2 heterocycles. The van der Waals surface area contributed by atoms with Crippen LogP contribution in [0.25, 0.3) is 0 Å². The number of nitrogens with zero attached hydrogens (tertiary/aromatic N) is 2. The van der Waals surface area contributed by atoms with Crippen molar-refractivity contribution in [2.75, 3.05) is 32.6 Å². The molecule has 0 spiro atoms. The molecule has 1 aliphatic heterocycles. The molecule has 2 amide bonds. The average molecular weight is 329 g/mol. The van der Waals surface area contributed by atoms with Crippen molar-refractivity contribution in [3.05, 3.63) is 42.7 Å². The molecule has 1 aromatic carbocycles. The Bertz CT molecular complexity index is 702. The number of aromatic nitrogens is 1. The highest BCUT2D eigenvalue weighted by atomic mass is 16.5. The van der Waals surface area contributed by atoms with Crippen molar-refractivity contribution in [3.63, 3.8) is 0 Å². The summed E-state index contributed by atoms with van der Waals surface area (Å²) >= 11 is 0. The normalized spacial score (nSPS) is 13.8. The average Bonchev–Trinajstić information content (AvgIpc) is 2.58. The highest BCUT2D eigenvalue weighted by molar-refractivity contribution is 5.92. The van der Waals surface area contributed by atoms with Gasteiger partial charge in [-0.3, -0.25) is 4.98 Å². The van der Waals surface area contributed by atoms with Crippen LogP contribution < -0.4 is 19.5 Å². The van der Waals surface area contributed by atoms with Crippen molar-refractivity contribution in [1.82, 2.24) is 9.88 Å². The maximum atomic E-state index is 12.3. The first-order valence-corrected chi connectivity index (χ1v) is 7.55. The predicted octanol–water partition coefficient (Wildman–Crippen LogP) is 2.39. The number of hydrogen-bond acceptors (Lipinski definition) is 5. The number of amides is 2. The summed E-state index contributed by atoms with van der Waals surface area (Å²) in [5, 5.41) is 2.84. The van der Waals surface area contributed by atoms with Gasteiger partial charge in [-0.05, 0) is 24.3 Å². The maximum absolute atomic E-state index is 12.3. The number of rotatable bonds is 5. The largest absolute Gasteiger partial charge is 0.493 e. The van der Waals surface area contributed by atoms with Crippen LogP contribution in [0, 0.1) is 0 Å². The zero-order valence-electron chi connectivity index (χ0n) is 13.6. The number of hydrogen-bond donors (Lipinski definition) is 1. The van der Waals surface area contributed by atoms with Gasteiger partial charge in [0.25, 0.3) is 0 Å². The number of pyridine rings is 1. The molecule has 2 aromatic rings. The molecule has 1 saturated heterocycles. The Balaban J connectivity index is 1.56. The van der Waals surface area contributed by atoms with Gasteiger partial charge in [0.15, 0.2) is 11.5 Å². The Kier molecular flexibility index (Phi) is 4.69. The standard InChI is InChI=1S/C17H19N3O4/c1-22-15-7-3-6-14(16(15)23-2)19-17(21)20-10-13(11-20)24-12-5-4-8-18-9-12/h3-9,13H,10-11H2,1-2H3,(H,19,21). The fourth-order valence-electron chi connectivity index (χ4n) is 2.47. The first kappa shape index (κ1) is 15.9. The van der Waals surface area contributed by atoms with E-state index in [4.69, 9.17) is 14.2 Å². The van der Waals surface area contributed by atoms with Gasteiger partial charge in [-0.1, -0.05) is 6.07 Å². The molecular weight excluding hydrogens is 310 g/mol. The van der Waals surface area contributed by atoms with Gasteiger partial charge in [-0.15, -0.1) is 0 Å². The van der Waals surface area contributed by atoms with Crippen molar-refractivity contribution in [3.8, 4) is 17.2 Å². The summed E-state index contributed by atoms with van der Waals surface area (Å²) in [6, 6.07) is 8.79. The van der Waals surface area contributed by atoms with Crippen LogP contribution >= 0.6 is 0 Å². The van der Waals surface area contributed by atoms with Gasteiger partial charge in [0.05, 0.1) is 39.2 Å². The zero-order chi connectivity index (χ0) is 16.9. The van der Waals surface area contributed by atoms with E-state index in [0.29, 0.717) is 36.0 Å². The molecule has 1 fully saturated rings. The minimum absolute atomic E-state index is 0.0212. The number of methoxy groups -OCH3 is 2. The Hall–Kier alpha value is -2.96. The van der Waals surface area contributed by atoms with Crippen LogP contribution in [0.15, 0.2) is 42.7 Å². The van der Waals surface area contributed by atoms with Crippen LogP contribution in [0.1, 0.15) is 0 Å². The molecule has 0 unspecified atom stereocenters. The van der Waals surface area contributed by atoms with Crippen molar-refractivity contribution in [2.45, 2.75) is 6.10 Å². The quantitative estimate of drug-likeness (QED) is 0.912. The number of anilines is 1. The molecule has 3 rings (SSSR count). The van der Waals surface area contributed by atoms with E-state index in [1.807, 2.05) is 12.1 Å². The van der Waals surface area contributed by atoms with Crippen LogP contribution in [0.3, 0.4) is 0 Å². The molecule has 1 aliphatic rings. The SMILES string of the molecule is COc1cccc(NC(=O)N2CC(Oc3cccnc3)C2)c1OC. The number of carbonyl (C=O) groups excluding carboxylic acids is 1. The molecule has 0 radical (unpaired) electrons. The summed E-state index contributed by atoms with van der Waals surface area (Å²) in [4.78, 5) is 18.0. The third-order valence-corrected chi connectivity index (χ3v) is 3.72. The Morgan fingerprint density at radius 3 is 2.71 bits per heavy atom. The van der Waals surface area contributed by atoms with Crippen LogP contribution in [-0.4, -0.2) is 49.3 Å². The zero-order valence-corrected chi connectivity index (χ0v) is 13.6. The van der Waals surface area contributed by atoms with Crippen LogP contribution in [0.2, 0.25) is 0 Å². The van der Waals surface area contributed by atoms with Crippen molar-refractivity contribution in [2.24, 2.45) is 0 Å². The summed E-state index contributed by atoms with van der Waals surface area (Å²) in [7, 11) is 3.09. The highest BCUT2D eigenvalue weighted by Crippen LogP contribution is 2.35. The molecular formula is C17H19N3O4. The third-order valence-electron chi connectivity index (χ3n) is 3.72. The van der Waals surface area contributed by atoms with Crippen LogP contribution in [0.5, 0.6) is 17.2 Å². The smallest absolute Gasteiger partial charge is 0.322 e. The fraction of sp³-hybridized carbons (Fsp3) is 0.294. The number of nitrogens with one attached hydrogen (secondary N) is 1. The predicted molar refractivity (Wildman–Crippen MR) is 88.8 cm³/mol. The lowest BCUT2D eigenvalue weighted by Gasteiger charge is -2.38. The molecule has 126 valence electrons. The maximum Gasteiger partial charge on any atom is 0.322 e. The monoisotopic (exact) mass is 329 g/mol. The molecule has 0 saturated carbocycles. The minimum Gasteiger partial charge on any atom is -0.493 e. The van der Waals surface area contributed by atoms with Gasteiger partial charge in [-0.2, -0.15) is 0 Å². The fourth-order valence-corrected chi connectivity index (χ4v) is 2.47. The lowest BCUT2D eigenvalue weighted by atomic mass is 10.2. The highest BCUT2D eigenvalue weighted by Gasteiger charge is 2.32. The van der Waals surface area contributed by atoms with E-state index in [1.54, 1.807) is 42.6 Å². The molecule has 7 nitrogen and oxygen atoms in total. The van der Waals surface area contributed by atoms with E-state index in [0.717, 1.165) is 0 Å². The number of urea groups is 1. The van der Waals surface area contributed by atoms with Crippen molar-refractivity contribution < 1.29 is 19.0 Å². The van der Waals surface area contributed by atoms with E-state index in [1.165, 1.54) is 7.11 Å². The molecule has 7 heteroatoms. The van der Waals surface area contributed by atoms with E-state index >= 15 is 0 Å². The van der Waals surface area contributed by atoms with E-state index < -0.39 is 0 Å².